The minimum Gasteiger partial charge on any atom is -0.309 e. The molecule has 15 heteroatoms. The number of nitrogens with zero attached hydrogens (tertiary/aromatic N) is 15. The molecular weight excluding hydrogens is 1680 g/mol. The van der Waals surface area contributed by atoms with E-state index < -0.39 is 0 Å². The Balaban J connectivity index is 0.000000145. The lowest BCUT2D eigenvalue weighted by atomic mass is 9.92. The topological polar surface area (TPSA) is 154 Å². The lowest BCUT2D eigenvalue weighted by molar-refractivity contribution is 1.07. The molecule has 0 bridgehead atoms. The summed E-state index contributed by atoms with van der Waals surface area (Å²) >= 11 is 0. The van der Waals surface area contributed by atoms with Gasteiger partial charge in [0.25, 0.3) is 0 Å². The van der Waals surface area contributed by atoms with Crippen LogP contribution >= 0.6 is 0 Å². The smallest absolute Gasteiger partial charge is 0.165 e. The quantitative estimate of drug-likeness (QED) is 0.0969. The SMILES string of the molecule is c1ccc(-c2cc(-c3nc(-c4cccnc4)nc(-c4cccnc4)n3)cc(-c3ccccc3)c2-n2c3ccc(-n4c5ccccc5c5ccccc54)cc3c3cc(-n4c5ccccc5c5ccccc54)ccc32)cc1.c1ccc(-c2cc(-c3nc(-c4cccnc4)nc(-c4cccnc4)n3)cc(-c3ccccc3)c2-n2c3ccccc3c3cc(-n4c5ccccc5c5ccccc54)ccc32)cc1. The first-order chi connectivity index (χ1) is 68.0. The second-order valence-electron chi connectivity index (χ2n) is 34.3. The maximum Gasteiger partial charge on any atom is 0.165 e. The summed E-state index contributed by atoms with van der Waals surface area (Å²) in [5.41, 5.74) is 30.1. The van der Waals surface area contributed by atoms with Crippen LogP contribution in [0.15, 0.2) is 468 Å². The standard InChI is InChI=1S/C67H42N8.C55H35N7/c1-3-17-43(18-4-1)54-37-47(67-71-65(45-21-15-35-68-41-45)70-66(72-67)46-22-16-36-69-42-46)38-55(44-19-5-2-6-20-44)64(54)75-62-33-31-48(73-58-27-11-7-23-50(58)51-24-8-12-28-59(51)73)39-56(62)57-40-49(32-34-63(57)75)74-60-29-13-9-25-52(60)53-26-10-14-30-61(53)74;1-3-15-36(16-4-1)45-31-40(55-59-53(38-19-13-29-56-34-38)58-54(60-55)39-20-14-30-57-35-39)32-46(37-17-5-2-6-18-37)52(45)62-50-26-12-9-23-44(50)47-33-41(27-28-51(47)62)61-48-24-10-7-21-42(48)43-22-8-11-25-49(43)61/h1-42H;1-35H. The Hall–Kier alpha value is -18.9. The first-order valence-electron chi connectivity index (χ1n) is 45.8. The highest BCUT2D eigenvalue weighted by Crippen LogP contribution is 2.49. The van der Waals surface area contributed by atoms with Gasteiger partial charge >= 0.3 is 0 Å². The maximum absolute atomic E-state index is 5.22. The Kier molecular flexibility index (Phi) is 19.2. The van der Waals surface area contributed by atoms with Crippen molar-refractivity contribution in [3.05, 3.63) is 468 Å². The third kappa shape index (κ3) is 13.7. The molecule has 0 radical (unpaired) electrons. The highest BCUT2D eigenvalue weighted by molar-refractivity contribution is 6.17. The van der Waals surface area contributed by atoms with E-state index in [1.54, 1.807) is 49.6 Å². The van der Waals surface area contributed by atoms with Gasteiger partial charge in [-0.1, -0.05) is 249 Å². The molecular formula is C122H77N15. The normalized spacial score (nSPS) is 11.6. The summed E-state index contributed by atoms with van der Waals surface area (Å²) in [6, 6.07) is 149. The predicted octanol–water partition coefficient (Wildman–Crippen LogP) is 29.5. The zero-order valence-corrected chi connectivity index (χ0v) is 73.7. The van der Waals surface area contributed by atoms with E-state index in [-0.39, 0.29) is 0 Å². The molecule has 15 nitrogen and oxygen atoms in total. The molecule has 11 aromatic heterocycles. The molecule has 0 fully saturated rings. The zero-order chi connectivity index (χ0) is 90.4. The van der Waals surface area contributed by atoms with Gasteiger partial charge in [0.1, 0.15) is 0 Å². The summed E-state index contributed by atoms with van der Waals surface area (Å²) in [4.78, 5) is 48.3. The molecule has 640 valence electrons. The van der Waals surface area contributed by atoms with E-state index in [9.17, 15) is 0 Å². The number of benzene rings is 16. The van der Waals surface area contributed by atoms with Gasteiger partial charge in [-0.3, -0.25) is 19.9 Å². The maximum atomic E-state index is 5.22. The van der Waals surface area contributed by atoms with E-state index in [0.717, 1.165) is 161 Å². The van der Waals surface area contributed by atoms with Gasteiger partial charge in [0, 0.05) is 176 Å². The van der Waals surface area contributed by atoms with E-state index in [2.05, 4.69) is 413 Å². The molecule has 0 amide bonds. The lowest BCUT2D eigenvalue weighted by Crippen LogP contribution is -2.04. The van der Waals surface area contributed by atoms with Crippen molar-refractivity contribution in [1.82, 2.24) is 72.7 Å². The van der Waals surface area contributed by atoms with Crippen LogP contribution in [0, 0.1) is 0 Å². The Bertz CT molecular complexity index is 8820. The van der Waals surface area contributed by atoms with Gasteiger partial charge in [0.2, 0.25) is 0 Å². The van der Waals surface area contributed by atoms with E-state index in [1.165, 1.54) is 54.1 Å². The van der Waals surface area contributed by atoms with Crippen molar-refractivity contribution in [1.29, 1.82) is 0 Å². The minimum atomic E-state index is 0.527. The minimum absolute atomic E-state index is 0.527. The van der Waals surface area contributed by atoms with Gasteiger partial charge in [0.15, 0.2) is 34.9 Å². The molecule has 0 saturated heterocycles. The molecule has 0 N–H and O–H groups in total. The molecule has 0 atom stereocenters. The molecule has 0 saturated carbocycles. The van der Waals surface area contributed by atoms with Crippen molar-refractivity contribution >= 4 is 109 Å². The fraction of sp³-hybridized carbons (Fsp3) is 0. The monoisotopic (exact) mass is 1750 g/mol. The first kappa shape index (κ1) is 79.1. The van der Waals surface area contributed by atoms with Crippen molar-refractivity contribution < 1.29 is 0 Å². The van der Waals surface area contributed by atoms with Gasteiger partial charge in [-0.05, 0) is 192 Å². The number of hydrogen-bond acceptors (Lipinski definition) is 10. The van der Waals surface area contributed by atoms with Crippen LogP contribution in [0.25, 0.3) is 250 Å². The van der Waals surface area contributed by atoms with E-state index in [4.69, 9.17) is 29.9 Å². The molecule has 11 heterocycles. The fourth-order valence-electron chi connectivity index (χ4n) is 20.3. The van der Waals surface area contributed by atoms with Crippen LogP contribution in [0.1, 0.15) is 0 Å². The molecule has 0 aliphatic heterocycles. The Labute approximate surface area is 785 Å². The van der Waals surface area contributed by atoms with Crippen molar-refractivity contribution in [2.45, 2.75) is 0 Å². The van der Waals surface area contributed by atoms with Gasteiger partial charge in [0.05, 0.1) is 66.5 Å². The molecule has 0 aliphatic rings. The van der Waals surface area contributed by atoms with Crippen LogP contribution in [0.4, 0.5) is 0 Å². The molecule has 0 spiro atoms. The lowest BCUT2D eigenvalue weighted by Gasteiger charge is -2.21. The largest absolute Gasteiger partial charge is 0.309 e. The predicted molar refractivity (Wildman–Crippen MR) is 557 cm³/mol. The Morgan fingerprint density at radius 3 is 0.562 bits per heavy atom. The number of hydrogen-bond donors (Lipinski definition) is 0. The first-order valence-corrected chi connectivity index (χ1v) is 45.8. The highest BCUT2D eigenvalue weighted by Gasteiger charge is 2.29. The van der Waals surface area contributed by atoms with E-state index in [1.807, 2.05) is 48.5 Å². The third-order valence-corrected chi connectivity index (χ3v) is 26.4. The number of fused-ring (bicyclic) bond motifs is 15. The average Bonchev–Trinajstić information content (AvgIpc) is 1.57. The van der Waals surface area contributed by atoms with Crippen molar-refractivity contribution in [2.24, 2.45) is 0 Å². The molecule has 137 heavy (non-hydrogen) atoms. The second kappa shape index (κ2) is 33.2. The van der Waals surface area contributed by atoms with Crippen molar-refractivity contribution in [3.63, 3.8) is 0 Å². The zero-order valence-electron chi connectivity index (χ0n) is 73.7. The molecule has 16 aromatic carbocycles. The number of pyridine rings is 4. The summed E-state index contributed by atoms with van der Waals surface area (Å²) in [5, 5.41) is 12.0. The average molecular weight is 1750 g/mol. The molecule has 27 aromatic rings. The van der Waals surface area contributed by atoms with Gasteiger partial charge in [-0.15, -0.1) is 0 Å². The van der Waals surface area contributed by atoms with E-state index >= 15 is 0 Å². The summed E-state index contributed by atoms with van der Waals surface area (Å²) in [6.07, 6.45) is 14.2. The fourth-order valence-corrected chi connectivity index (χ4v) is 20.3. The summed E-state index contributed by atoms with van der Waals surface area (Å²) in [6.45, 7) is 0. The van der Waals surface area contributed by atoms with Crippen LogP contribution in [0.2, 0.25) is 0 Å². The van der Waals surface area contributed by atoms with Crippen LogP contribution in [0.5, 0.6) is 0 Å². The van der Waals surface area contributed by atoms with Crippen LogP contribution in [-0.2, 0) is 0 Å². The third-order valence-electron chi connectivity index (χ3n) is 26.4. The van der Waals surface area contributed by atoms with Crippen LogP contribution < -0.4 is 0 Å². The summed E-state index contributed by atoms with van der Waals surface area (Å²) in [5.74, 6) is 3.22. The number of para-hydroxylation sites is 7. The van der Waals surface area contributed by atoms with Crippen molar-refractivity contribution in [2.75, 3.05) is 0 Å². The van der Waals surface area contributed by atoms with Gasteiger partial charge in [-0.25, -0.2) is 29.9 Å². The number of aromatic nitrogens is 15. The van der Waals surface area contributed by atoms with Gasteiger partial charge < -0.3 is 22.8 Å². The molecule has 0 aliphatic carbocycles. The molecule has 27 rings (SSSR count). The Morgan fingerprint density at radius 2 is 0.328 bits per heavy atom. The molecule has 0 unspecified atom stereocenters. The number of rotatable bonds is 15. The van der Waals surface area contributed by atoms with Crippen LogP contribution in [-0.4, -0.2) is 72.7 Å². The van der Waals surface area contributed by atoms with Gasteiger partial charge in [-0.2, -0.15) is 0 Å². The second-order valence-corrected chi connectivity index (χ2v) is 34.3. The Morgan fingerprint density at radius 1 is 0.139 bits per heavy atom. The van der Waals surface area contributed by atoms with Crippen molar-refractivity contribution in [3.8, 4) is 141 Å². The summed E-state index contributed by atoms with van der Waals surface area (Å²) < 4.78 is 12.2. The van der Waals surface area contributed by atoms with Crippen LogP contribution in [0.3, 0.4) is 0 Å². The summed E-state index contributed by atoms with van der Waals surface area (Å²) in [7, 11) is 0. The van der Waals surface area contributed by atoms with E-state index in [0.29, 0.717) is 34.9 Å². The highest BCUT2D eigenvalue weighted by atomic mass is 15.1.